The molecule has 1 aliphatic heterocycles. The fraction of sp³-hybridized carbons (Fsp3) is 0.500. The van der Waals surface area contributed by atoms with Crippen molar-refractivity contribution in [1.82, 2.24) is 25.1 Å². The number of rotatable bonds is 5. The van der Waals surface area contributed by atoms with E-state index in [1.165, 1.54) is 0 Å². The molecule has 0 saturated carbocycles. The zero-order chi connectivity index (χ0) is 16.1. The predicted octanol–water partition coefficient (Wildman–Crippen LogP) is 1.08. The maximum Gasteiger partial charge on any atom is 0.233 e. The smallest absolute Gasteiger partial charge is 0.233 e. The van der Waals surface area contributed by atoms with Crippen LogP contribution in [0.25, 0.3) is 0 Å². The van der Waals surface area contributed by atoms with Crippen molar-refractivity contribution in [3.05, 3.63) is 35.8 Å². The molecular weight excluding hydrogens is 292 g/mol. The van der Waals surface area contributed by atoms with Crippen LogP contribution in [-0.4, -0.2) is 64.4 Å². The molecule has 0 unspecified atom stereocenters. The lowest BCUT2D eigenvalue weighted by molar-refractivity contribution is 0.195. The minimum Gasteiger partial charge on any atom is -0.475 e. The lowest BCUT2D eigenvalue weighted by atomic mass is 10.3. The van der Waals surface area contributed by atoms with Crippen LogP contribution in [-0.2, 0) is 0 Å². The summed E-state index contributed by atoms with van der Waals surface area (Å²) in [6, 6.07) is 3.76. The average molecular weight is 314 g/mol. The second kappa shape index (κ2) is 7.32. The molecule has 2 aromatic heterocycles. The van der Waals surface area contributed by atoms with Crippen molar-refractivity contribution in [3.8, 4) is 5.88 Å². The van der Waals surface area contributed by atoms with E-state index in [9.17, 15) is 0 Å². The van der Waals surface area contributed by atoms with Gasteiger partial charge < -0.3 is 9.64 Å². The molecule has 3 rings (SSSR count). The number of hydrogen-bond acceptors (Lipinski definition) is 7. The molecule has 0 aliphatic carbocycles. The van der Waals surface area contributed by atoms with E-state index in [0.29, 0.717) is 12.5 Å². The normalized spacial score (nSPS) is 15.7. The van der Waals surface area contributed by atoms with E-state index < -0.39 is 0 Å². The number of aryl methyl sites for hydroxylation is 2. The lowest BCUT2D eigenvalue weighted by Crippen LogP contribution is -2.48. The van der Waals surface area contributed by atoms with E-state index in [2.05, 4.69) is 30.0 Å². The molecule has 0 amide bonds. The van der Waals surface area contributed by atoms with Gasteiger partial charge in [0.15, 0.2) is 0 Å². The van der Waals surface area contributed by atoms with Gasteiger partial charge in [-0.15, -0.1) is 5.10 Å². The van der Waals surface area contributed by atoms with Gasteiger partial charge in [0, 0.05) is 51.2 Å². The van der Waals surface area contributed by atoms with Crippen molar-refractivity contribution in [2.45, 2.75) is 13.8 Å². The molecule has 3 heterocycles. The molecule has 7 heteroatoms. The summed E-state index contributed by atoms with van der Waals surface area (Å²) < 4.78 is 5.63. The molecule has 0 radical (unpaired) electrons. The fourth-order valence-electron chi connectivity index (χ4n) is 2.46. The van der Waals surface area contributed by atoms with Crippen molar-refractivity contribution < 1.29 is 4.74 Å². The van der Waals surface area contributed by atoms with Crippen LogP contribution in [0.2, 0.25) is 0 Å². The Hall–Kier alpha value is -2.28. The molecule has 122 valence electrons. The number of aromatic nitrogens is 4. The van der Waals surface area contributed by atoms with Crippen LogP contribution in [0.4, 0.5) is 5.95 Å². The van der Waals surface area contributed by atoms with Gasteiger partial charge in [0.1, 0.15) is 6.61 Å². The monoisotopic (exact) mass is 314 g/mol. The maximum atomic E-state index is 5.63. The molecule has 1 aliphatic rings. The van der Waals surface area contributed by atoms with E-state index in [4.69, 9.17) is 4.74 Å². The molecule has 0 atom stereocenters. The number of hydrogen-bond donors (Lipinski definition) is 0. The molecule has 1 fully saturated rings. The third-order valence-electron chi connectivity index (χ3n) is 3.85. The van der Waals surface area contributed by atoms with Gasteiger partial charge >= 0.3 is 0 Å². The molecule has 0 N–H and O–H groups in total. The minimum atomic E-state index is 0.585. The van der Waals surface area contributed by atoms with E-state index in [1.807, 2.05) is 38.4 Å². The number of piperazine rings is 1. The topological polar surface area (TPSA) is 67.3 Å². The van der Waals surface area contributed by atoms with Crippen molar-refractivity contribution in [2.75, 3.05) is 44.2 Å². The predicted molar refractivity (Wildman–Crippen MR) is 87.7 cm³/mol. The molecule has 23 heavy (non-hydrogen) atoms. The molecule has 0 aromatic carbocycles. The summed E-state index contributed by atoms with van der Waals surface area (Å²) in [5.74, 6) is 1.41. The van der Waals surface area contributed by atoms with Crippen LogP contribution in [0.3, 0.4) is 0 Å². The third-order valence-corrected chi connectivity index (χ3v) is 3.85. The summed E-state index contributed by atoms with van der Waals surface area (Å²) in [6.45, 7) is 9.27. The highest BCUT2D eigenvalue weighted by atomic mass is 16.5. The van der Waals surface area contributed by atoms with Gasteiger partial charge in [-0.2, -0.15) is 5.10 Å². The minimum absolute atomic E-state index is 0.585. The maximum absolute atomic E-state index is 5.63. The summed E-state index contributed by atoms with van der Waals surface area (Å²) in [7, 11) is 0. The number of anilines is 1. The lowest BCUT2D eigenvalue weighted by Gasteiger charge is -2.34. The highest BCUT2D eigenvalue weighted by Crippen LogP contribution is 2.11. The van der Waals surface area contributed by atoms with Gasteiger partial charge in [0.2, 0.25) is 11.8 Å². The van der Waals surface area contributed by atoms with Crippen LogP contribution in [0.15, 0.2) is 24.5 Å². The van der Waals surface area contributed by atoms with Gasteiger partial charge in [-0.25, -0.2) is 9.97 Å². The molecule has 1 saturated heterocycles. The first kappa shape index (κ1) is 15.6. The first-order valence-electron chi connectivity index (χ1n) is 7.90. The standard InChI is InChI=1S/C16H22N6O/c1-13-11-17-16(18-12-13)22-7-5-21(6-8-22)9-10-23-15-4-3-14(2)19-20-15/h3-4,11-12H,5-10H2,1-2H3. The summed E-state index contributed by atoms with van der Waals surface area (Å²) >= 11 is 0. The van der Waals surface area contributed by atoms with Crippen LogP contribution in [0.5, 0.6) is 5.88 Å². The zero-order valence-corrected chi connectivity index (χ0v) is 13.6. The Labute approximate surface area is 136 Å². The van der Waals surface area contributed by atoms with Crippen LogP contribution < -0.4 is 9.64 Å². The highest BCUT2D eigenvalue weighted by molar-refractivity contribution is 5.30. The number of ether oxygens (including phenoxy) is 1. The van der Waals surface area contributed by atoms with Gasteiger partial charge in [-0.1, -0.05) is 0 Å². The highest BCUT2D eigenvalue weighted by Gasteiger charge is 2.18. The van der Waals surface area contributed by atoms with E-state index in [0.717, 1.165) is 49.9 Å². The Balaban J connectivity index is 1.40. The summed E-state index contributed by atoms with van der Waals surface area (Å²) in [5.41, 5.74) is 1.98. The van der Waals surface area contributed by atoms with Gasteiger partial charge in [0.25, 0.3) is 0 Å². The first-order chi connectivity index (χ1) is 11.2. The van der Waals surface area contributed by atoms with Crippen molar-refractivity contribution in [2.24, 2.45) is 0 Å². The molecule has 0 bridgehead atoms. The van der Waals surface area contributed by atoms with Gasteiger partial charge in [-0.05, 0) is 25.5 Å². The van der Waals surface area contributed by atoms with Crippen LogP contribution >= 0.6 is 0 Å². The summed E-state index contributed by atoms with van der Waals surface area (Å²) in [6.07, 6.45) is 3.73. The Morgan fingerprint density at radius 1 is 1.00 bits per heavy atom. The van der Waals surface area contributed by atoms with E-state index in [-0.39, 0.29) is 0 Å². The summed E-state index contributed by atoms with van der Waals surface area (Å²) in [5, 5.41) is 7.99. The van der Waals surface area contributed by atoms with E-state index >= 15 is 0 Å². The Bertz CT molecular complexity index is 605. The second-order valence-electron chi connectivity index (χ2n) is 5.75. The van der Waals surface area contributed by atoms with Crippen LogP contribution in [0, 0.1) is 13.8 Å². The largest absolute Gasteiger partial charge is 0.475 e. The summed E-state index contributed by atoms with van der Waals surface area (Å²) in [4.78, 5) is 13.4. The molecule has 7 nitrogen and oxygen atoms in total. The molecular formula is C16H22N6O. The van der Waals surface area contributed by atoms with E-state index in [1.54, 1.807) is 0 Å². The average Bonchev–Trinajstić information content (AvgIpc) is 2.58. The quantitative estimate of drug-likeness (QED) is 0.818. The zero-order valence-electron chi connectivity index (χ0n) is 13.6. The van der Waals surface area contributed by atoms with Crippen molar-refractivity contribution in [3.63, 3.8) is 0 Å². The third kappa shape index (κ3) is 4.35. The fourth-order valence-corrected chi connectivity index (χ4v) is 2.46. The SMILES string of the molecule is Cc1cnc(N2CCN(CCOc3ccc(C)nn3)CC2)nc1. The number of nitrogens with zero attached hydrogens (tertiary/aromatic N) is 6. The first-order valence-corrected chi connectivity index (χ1v) is 7.90. The Kier molecular flexibility index (Phi) is 4.97. The second-order valence-corrected chi connectivity index (χ2v) is 5.75. The van der Waals surface area contributed by atoms with Crippen molar-refractivity contribution in [1.29, 1.82) is 0 Å². The molecule has 0 spiro atoms. The Morgan fingerprint density at radius 2 is 1.74 bits per heavy atom. The van der Waals surface area contributed by atoms with Gasteiger partial charge in [-0.3, -0.25) is 4.90 Å². The Morgan fingerprint density at radius 3 is 2.39 bits per heavy atom. The van der Waals surface area contributed by atoms with Gasteiger partial charge in [0.05, 0.1) is 5.69 Å². The molecule has 2 aromatic rings. The van der Waals surface area contributed by atoms with Crippen LogP contribution in [0.1, 0.15) is 11.3 Å². The van der Waals surface area contributed by atoms with Crippen molar-refractivity contribution >= 4 is 5.95 Å².